The Morgan fingerprint density at radius 1 is 1.09 bits per heavy atom. The van der Waals surface area contributed by atoms with Crippen molar-refractivity contribution in [2.24, 2.45) is 0 Å². The van der Waals surface area contributed by atoms with E-state index in [0.717, 1.165) is 10.9 Å². The fraction of sp³-hybridized carbons (Fsp3) is 0.409. The lowest BCUT2D eigenvalue weighted by atomic mass is 10.1. The molecule has 1 atom stereocenters. The van der Waals surface area contributed by atoms with Crippen LogP contribution in [0.2, 0.25) is 0 Å². The third kappa shape index (κ3) is 4.19. The average molecular weight is 477 g/mol. The van der Waals surface area contributed by atoms with Crippen molar-refractivity contribution in [2.45, 2.75) is 42.9 Å². The number of rotatable bonds is 7. The van der Waals surface area contributed by atoms with Gasteiger partial charge in [-0.25, -0.2) is 16.8 Å². The van der Waals surface area contributed by atoms with Crippen molar-refractivity contribution in [3.05, 3.63) is 60.3 Å². The van der Waals surface area contributed by atoms with Crippen LogP contribution in [0.25, 0.3) is 10.9 Å². The molecule has 1 aliphatic heterocycles. The number of nitrogens with one attached hydrogen (secondary N) is 1. The number of hydrogen-bond donors (Lipinski definition) is 1. The number of aromatic nitrogens is 2. The molecule has 1 N–H and O–H groups in total. The van der Waals surface area contributed by atoms with Gasteiger partial charge >= 0.3 is 0 Å². The second-order valence-electron chi connectivity index (χ2n) is 8.06. The first-order chi connectivity index (χ1) is 15.2. The van der Waals surface area contributed by atoms with Crippen molar-refractivity contribution in [1.82, 2.24) is 18.8 Å². The minimum Gasteiger partial charge on any atom is -0.278 e. The Balaban J connectivity index is 1.49. The van der Waals surface area contributed by atoms with Gasteiger partial charge in [0.25, 0.3) is 0 Å². The molecule has 0 bridgehead atoms. The quantitative estimate of drug-likeness (QED) is 0.564. The number of nitrogens with zero attached hydrogens (tertiary/aromatic N) is 3. The minimum atomic E-state index is -3.71. The summed E-state index contributed by atoms with van der Waals surface area (Å²) in [6.45, 7) is 4.43. The average Bonchev–Trinajstić information content (AvgIpc) is 3.28. The molecule has 4 rings (SSSR count). The number of fused-ring (bicyclic) bond motifs is 1. The molecule has 0 aliphatic carbocycles. The SMILES string of the molecule is CCN([C@H](C)c1ccccc1)S(=O)(=O)C1CCN(S(=O)(=O)c2ccc3cn[nH]c3c2)CC1. The van der Waals surface area contributed by atoms with Gasteiger partial charge in [0.15, 0.2) is 0 Å². The molecule has 2 aromatic carbocycles. The highest BCUT2D eigenvalue weighted by Crippen LogP contribution is 2.31. The minimum absolute atomic E-state index is 0.171. The van der Waals surface area contributed by atoms with E-state index in [9.17, 15) is 16.8 Å². The number of sulfonamides is 2. The second-order valence-corrected chi connectivity index (χ2v) is 12.2. The standard InChI is InChI=1S/C22H28N4O4S2/c1-3-26(17(2)18-7-5-4-6-8-18)32(29,30)20-11-13-25(14-12-20)31(27,28)21-10-9-19-16-23-24-22(19)15-21/h4-10,15-17,20H,3,11-14H2,1-2H3,(H,23,24)/t17-/m1/s1. The fourth-order valence-electron chi connectivity index (χ4n) is 4.36. The molecule has 0 spiro atoms. The van der Waals surface area contributed by atoms with Gasteiger partial charge in [-0.2, -0.15) is 13.7 Å². The molecule has 1 aromatic heterocycles. The van der Waals surface area contributed by atoms with Gasteiger partial charge in [0.2, 0.25) is 20.0 Å². The third-order valence-corrected chi connectivity index (χ3v) is 10.7. The zero-order valence-corrected chi connectivity index (χ0v) is 19.8. The molecule has 2 heterocycles. The topological polar surface area (TPSA) is 103 Å². The predicted octanol–water partition coefficient (Wildman–Crippen LogP) is 3.13. The summed E-state index contributed by atoms with van der Waals surface area (Å²) >= 11 is 0. The van der Waals surface area contributed by atoms with Crippen molar-refractivity contribution in [3.63, 3.8) is 0 Å². The van der Waals surface area contributed by atoms with Crippen LogP contribution in [0, 0.1) is 0 Å². The number of hydrogen-bond acceptors (Lipinski definition) is 5. The molecular weight excluding hydrogens is 448 g/mol. The van der Waals surface area contributed by atoms with Crippen molar-refractivity contribution < 1.29 is 16.8 Å². The van der Waals surface area contributed by atoms with Crippen molar-refractivity contribution in [2.75, 3.05) is 19.6 Å². The van der Waals surface area contributed by atoms with Crippen molar-refractivity contribution in [1.29, 1.82) is 0 Å². The van der Waals surface area contributed by atoms with Gasteiger partial charge in [0.1, 0.15) is 0 Å². The number of piperidine rings is 1. The highest BCUT2D eigenvalue weighted by atomic mass is 32.2. The summed E-state index contributed by atoms with van der Waals surface area (Å²) in [5, 5.41) is 6.95. The van der Waals surface area contributed by atoms with Gasteiger partial charge in [0, 0.05) is 31.1 Å². The van der Waals surface area contributed by atoms with Crippen molar-refractivity contribution in [3.8, 4) is 0 Å². The Bertz CT molecular complexity index is 1280. The van der Waals surface area contributed by atoms with Crippen LogP contribution in [0.3, 0.4) is 0 Å². The molecule has 1 aliphatic rings. The van der Waals surface area contributed by atoms with Crippen LogP contribution in [0.4, 0.5) is 0 Å². The third-order valence-electron chi connectivity index (χ3n) is 6.23. The predicted molar refractivity (Wildman–Crippen MR) is 124 cm³/mol. The van der Waals surface area contributed by atoms with Gasteiger partial charge in [-0.15, -0.1) is 0 Å². The molecule has 0 radical (unpaired) electrons. The first-order valence-corrected chi connectivity index (χ1v) is 13.7. The van der Waals surface area contributed by atoms with Crippen LogP contribution in [0.1, 0.15) is 38.3 Å². The van der Waals surface area contributed by atoms with Gasteiger partial charge in [-0.1, -0.05) is 37.3 Å². The van der Waals surface area contributed by atoms with E-state index in [1.165, 1.54) is 8.61 Å². The number of benzene rings is 2. The smallest absolute Gasteiger partial charge is 0.243 e. The maximum absolute atomic E-state index is 13.4. The molecule has 172 valence electrons. The van der Waals surface area contributed by atoms with E-state index in [1.54, 1.807) is 24.4 Å². The van der Waals surface area contributed by atoms with Gasteiger partial charge in [-0.05, 0) is 43.5 Å². The monoisotopic (exact) mass is 476 g/mol. The van der Waals surface area contributed by atoms with E-state index >= 15 is 0 Å². The zero-order chi connectivity index (χ0) is 22.9. The van der Waals surface area contributed by atoms with Crippen LogP contribution < -0.4 is 0 Å². The van der Waals surface area contributed by atoms with E-state index < -0.39 is 25.3 Å². The Morgan fingerprint density at radius 3 is 2.44 bits per heavy atom. The lowest BCUT2D eigenvalue weighted by molar-refractivity contribution is 0.316. The van der Waals surface area contributed by atoms with E-state index in [2.05, 4.69) is 10.2 Å². The summed E-state index contributed by atoms with van der Waals surface area (Å²) in [4.78, 5) is 0.184. The summed E-state index contributed by atoms with van der Waals surface area (Å²) < 4.78 is 56.0. The maximum atomic E-state index is 13.4. The molecule has 10 heteroatoms. The highest BCUT2D eigenvalue weighted by Gasteiger charge is 2.39. The Morgan fingerprint density at radius 2 is 1.78 bits per heavy atom. The molecule has 1 saturated heterocycles. The summed E-state index contributed by atoms with van der Waals surface area (Å²) in [7, 11) is -7.29. The molecule has 32 heavy (non-hydrogen) atoms. The van der Waals surface area contributed by atoms with Gasteiger partial charge in [0.05, 0.1) is 21.9 Å². The Hall–Kier alpha value is -2.27. The second kappa shape index (κ2) is 8.93. The van der Waals surface area contributed by atoms with Crippen LogP contribution >= 0.6 is 0 Å². The Labute approximate surface area is 189 Å². The highest BCUT2D eigenvalue weighted by molar-refractivity contribution is 7.90. The molecule has 8 nitrogen and oxygen atoms in total. The van der Waals surface area contributed by atoms with Crippen LogP contribution in [0.15, 0.2) is 59.6 Å². The van der Waals surface area contributed by atoms with Crippen LogP contribution in [-0.4, -0.2) is 60.5 Å². The summed E-state index contributed by atoms with van der Waals surface area (Å²) in [6.07, 6.45) is 2.18. The van der Waals surface area contributed by atoms with Gasteiger partial charge < -0.3 is 0 Å². The van der Waals surface area contributed by atoms with E-state index in [1.807, 2.05) is 44.2 Å². The van der Waals surface area contributed by atoms with E-state index in [0.29, 0.717) is 12.1 Å². The number of H-pyrrole nitrogens is 1. The van der Waals surface area contributed by atoms with E-state index in [-0.39, 0.29) is 36.9 Å². The first-order valence-electron chi connectivity index (χ1n) is 10.7. The summed E-state index contributed by atoms with van der Waals surface area (Å²) in [6, 6.07) is 14.1. The van der Waals surface area contributed by atoms with Gasteiger partial charge in [-0.3, -0.25) is 5.10 Å². The Kier molecular flexibility index (Phi) is 6.39. The molecule has 3 aromatic rings. The molecule has 0 saturated carbocycles. The summed E-state index contributed by atoms with van der Waals surface area (Å²) in [5.74, 6) is 0. The lowest BCUT2D eigenvalue weighted by Gasteiger charge is -2.36. The fourth-order valence-corrected chi connectivity index (χ4v) is 7.97. The molecule has 0 unspecified atom stereocenters. The van der Waals surface area contributed by atoms with E-state index in [4.69, 9.17) is 0 Å². The normalized spacial score (nSPS) is 17.7. The van der Waals surface area contributed by atoms with Crippen LogP contribution in [-0.2, 0) is 20.0 Å². The molecule has 0 amide bonds. The zero-order valence-electron chi connectivity index (χ0n) is 18.2. The molecule has 1 fully saturated rings. The lowest BCUT2D eigenvalue weighted by Crippen LogP contribution is -2.47. The summed E-state index contributed by atoms with van der Waals surface area (Å²) in [5.41, 5.74) is 1.59. The van der Waals surface area contributed by atoms with Crippen LogP contribution in [0.5, 0.6) is 0 Å². The first kappa shape index (κ1) is 22.9. The largest absolute Gasteiger partial charge is 0.278 e. The van der Waals surface area contributed by atoms with Crippen molar-refractivity contribution >= 4 is 30.9 Å². The maximum Gasteiger partial charge on any atom is 0.243 e. The number of aromatic amines is 1. The molecular formula is C22H28N4O4S2.